The quantitative estimate of drug-likeness (QED) is 0.425. The Morgan fingerprint density at radius 2 is 1.64 bits per heavy atom. The van der Waals surface area contributed by atoms with Crippen molar-refractivity contribution in [2.45, 2.75) is 40.2 Å². The molecule has 25 heavy (non-hydrogen) atoms. The highest BCUT2D eigenvalue weighted by molar-refractivity contribution is 7.71. The molecule has 0 saturated heterocycles. The van der Waals surface area contributed by atoms with Gasteiger partial charge in [-0.15, -0.1) is 11.3 Å². The van der Waals surface area contributed by atoms with Crippen molar-refractivity contribution in [3.05, 3.63) is 64.2 Å². The van der Waals surface area contributed by atoms with Gasteiger partial charge in [0, 0.05) is 34.4 Å². The van der Waals surface area contributed by atoms with Gasteiger partial charge < -0.3 is 4.57 Å². The number of benzene rings is 1. The molecule has 3 heteroatoms. The summed E-state index contributed by atoms with van der Waals surface area (Å²) in [7, 11) is 0. The Hall–Kier alpha value is -1.71. The number of aromatic nitrogens is 1. The van der Waals surface area contributed by atoms with Crippen LogP contribution in [0.1, 0.15) is 39.3 Å². The third-order valence-electron chi connectivity index (χ3n) is 4.35. The summed E-state index contributed by atoms with van der Waals surface area (Å²) in [6, 6.07) is 13.1. The summed E-state index contributed by atoms with van der Waals surface area (Å²) in [5, 5.41) is 2.19. The molecule has 3 rings (SSSR count). The smallest absolute Gasteiger partial charge is 0.0571 e. The fraction of sp³-hybridized carbons (Fsp3) is 0.318. The van der Waals surface area contributed by atoms with Crippen molar-refractivity contribution in [2.24, 2.45) is 5.92 Å². The first-order chi connectivity index (χ1) is 12.0. The second kappa shape index (κ2) is 7.67. The maximum Gasteiger partial charge on any atom is 0.0571 e. The average molecular weight is 368 g/mol. The van der Waals surface area contributed by atoms with Crippen LogP contribution in [0.5, 0.6) is 0 Å². The van der Waals surface area contributed by atoms with E-state index in [4.69, 9.17) is 12.2 Å². The van der Waals surface area contributed by atoms with Crippen molar-refractivity contribution >= 4 is 23.6 Å². The van der Waals surface area contributed by atoms with E-state index >= 15 is 0 Å². The minimum absolute atomic E-state index is 0.394. The molecule has 0 bridgehead atoms. The van der Waals surface area contributed by atoms with Crippen LogP contribution in [0.25, 0.3) is 21.6 Å². The summed E-state index contributed by atoms with van der Waals surface area (Å²) in [6.45, 7) is 8.96. The molecule has 0 aliphatic rings. The highest BCUT2D eigenvalue weighted by atomic mass is 32.1. The fourth-order valence-corrected chi connectivity index (χ4v) is 4.40. The number of pyridine rings is 1. The van der Waals surface area contributed by atoms with Crippen LogP contribution in [0.3, 0.4) is 0 Å². The Bertz CT molecular complexity index is 901. The molecule has 130 valence electrons. The van der Waals surface area contributed by atoms with Crippen LogP contribution in [0, 0.1) is 10.4 Å². The van der Waals surface area contributed by atoms with E-state index in [0.717, 1.165) is 16.5 Å². The van der Waals surface area contributed by atoms with Gasteiger partial charge in [-0.25, -0.2) is 0 Å². The Labute approximate surface area is 160 Å². The molecule has 2 heterocycles. The molecule has 1 aromatic carbocycles. The van der Waals surface area contributed by atoms with E-state index in [1.165, 1.54) is 21.6 Å². The second-order valence-corrected chi connectivity index (χ2v) is 8.52. The molecular weight excluding hydrogens is 342 g/mol. The highest BCUT2D eigenvalue weighted by Gasteiger charge is 2.15. The first kappa shape index (κ1) is 18.1. The standard InChI is InChI=1S/C22H25NS2/c1-15(2)12-18-10-11-25-22(18)20-14-23(16(3)4)13-19(21(20)24)17-8-6-5-7-9-17/h5-11,13-16H,12H2,1-4H3. The van der Waals surface area contributed by atoms with E-state index in [1.807, 2.05) is 6.07 Å². The van der Waals surface area contributed by atoms with Crippen molar-refractivity contribution < 1.29 is 0 Å². The second-order valence-electron chi connectivity index (χ2n) is 7.19. The normalized spacial score (nSPS) is 11.4. The number of hydrogen-bond donors (Lipinski definition) is 0. The highest BCUT2D eigenvalue weighted by Crippen LogP contribution is 2.36. The molecule has 0 spiro atoms. The van der Waals surface area contributed by atoms with Crippen LogP contribution < -0.4 is 0 Å². The lowest BCUT2D eigenvalue weighted by Crippen LogP contribution is -2.03. The lowest BCUT2D eigenvalue weighted by Gasteiger charge is -2.17. The lowest BCUT2D eigenvalue weighted by molar-refractivity contribution is 0.597. The molecule has 3 aromatic rings. The molecule has 0 unspecified atom stereocenters. The van der Waals surface area contributed by atoms with Crippen molar-refractivity contribution in [2.75, 3.05) is 0 Å². The number of rotatable bonds is 5. The van der Waals surface area contributed by atoms with Crippen LogP contribution in [0.4, 0.5) is 0 Å². The van der Waals surface area contributed by atoms with Crippen LogP contribution in [-0.2, 0) is 6.42 Å². The molecule has 0 saturated carbocycles. The maximum atomic E-state index is 5.93. The van der Waals surface area contributed by atoms with E-state index in [0.29, 0.717) is 12.0 Å². The number of thiophene rings is 1. The number of nitrogens with zero attached hydrogens (tertiary/aromatic N) is 1. The summed E-state index contributed by atoms with van der Waals surface area (Å²) in [6.07, 6.45) is 5.52. The van der Waals surface area contributed by atoms with Crippen LogP contribution in [-0.4, -0.2) is 4.57 Å². The lowest BCUT2D eigenvalue weighted by atomic mass is 9.99. The Morgan fingerprint density at radius 3 is 2.28 bits per heavy atom. The monoisotopic (exact) mass is 367 g/mol. The first-order valence-electron chi connectivity index (χ1n) is 8.85. The summed E-state index contributed by atoms with van der Waals surface area (Å²) < 4.78 is 3.24. The van der Waals surface area contributed by atoms with Gasteiger partial charge in [-0.3, -0.25) is 0 Å². The predicted molar refractivity (Wildman–Crippen MR) is 113 cm³/mol. The summed E-state index contributed by atoms with van der Waals surface area (Å²) >= 11 is 7.74. The summed E-state index contributed by atoms with van der Waals surface area (Å²) in [5.41, 5.74) is 4.93. The predicted octanol–water partition coefficient (Wildman–Crippen LogP) is 7.39. The van der Waals surface area contributed by atoms with E-state index in [2.05, 4.69) is 80.4 Å². The summed E-state index contributed by atoms with van der Waals surface area (Å²) in [5.74, 6) is 0.636. The number of hydrogen-bond acceptors (Lipinski definition) is 2. The van der Waals surface area contributed by atoms with Crippen molar-refractivity contribution in [1.29, 1.82) is 0 Å². The van der Waals surface area contributed by atoms with Gasteiger partial charge >= 0.3 is 0 Å². The largest absolute Gasteiger partial charge is 0.350 e. The SMILES string of the molecule is CC(C)Cc1ccsc1-c1cn(C(C)C)cc(-c2ccccc2)c1=S. The van der Waals surface area contributed by atoms with E-state index in [9.17, 15) is 0 Å². The van der Waals surface area contributed by atoms with Crippen molar-refractivity contribution in [3.8, 4) is 21.6 Å². The van der Waals surface area contributed by atoms with Gasteiger partial charge in [0.15, 0.2) is 0 Å². The molecule has 0 fully saturated rings. The minimum atomic E-state index is 0.394. The Morgan fingerprint density at radius 1 is 0.960 bits per heavy atom. The zero-order valence-corrected chi connectivity index (χ0v) is 17.0. The van der Waals surface area contributed by atoms with Crippen molar-refractivity contribution in [1.82, 2.24) is 4.57 Å². The van der Waals surface area contributed by atoms with Gasteiger partial charge in [-0.2, -0.15) is 0 Å². The zero-order valence-electron chi connectivity index (χ0n) is 15.3. The van der Waals surface area contributed by atoms with Gasteiger partial charge in [-0.05, 0) is 48.8 Å². The van der Waals surface area contributed by atoms with Gasteiger partial charge in [0.25, 0.3) is 0 Å². The molecule has 2 aromatic heterocycles. The zero-order chi connectivity index (χ0) is 18.0. The van der Waals surface area contributed by atoms with E-state index in [-0.39, 0.29) is 0 Å². The molecule has 0 aliphatic carbocycles. The molecule has 0 N–H and O–H groups in total. The Kier molecular flexibility index (Phi) is 5.55. The average Bonchev–Trinajstić information content (AvgIpc) is 3.02. The third kappa shape index (κ3) is 3.94. The van der Waals surface area contributed by atoms with Gasteiger partial charge in [0.05, 0.1) is 4.51 Å². The summed E-state index contributed by atoms with van der Waals surface area (Å²) in [4.78, 5) is 1.32. The molecule has 0 amide bonds. The third-order valence-corrected chi connectivity index (χ3v) is 5.78. The molecule has 1 nitrogen and oxygen atoms in total. The van der Waals surface area contributed by atoms with Crippen molar-refractivity contribution in [3.63, 3.8) is 0 Å². The van der Waals surface area contributed by atoms with Crippen LogP contribution in [0.2, 0.25) is 0 Å². The fourth-order valence-electron chi connectivity index (χ4n) is 3.05. The van der Waals surface area contributed by atoms with E-state index < -0.39 is 0 Å². The van der Waals surface area contributed by atoms with Gasteiger partial charge in [-0.1, -0.05) is 56.4 Å². The maximum absolute atomic E-state index is 5.93. The van der Waals surface area contributed by atoms with Crippen LogP contribution >= 0.6 is 23.6 Å². The van der Waals surface area contributed by atoms with Gasteiger partial charge in [0.1, 0.15) is 0 Å². The van der Waals surface area contributed by atoms with Gasteiger partial charge in [0.2, 0.25) is 0 Å². The molecule has 0 aliphatic heterocycles. The van der Waals surface area contributed by atoms with E-state index in [1.54, 1.807) is 11.3 Å². The first-order valence-corrected chi connectivity index (χ1v) is 10.1. The molecular formula is C22H25NS2. The molecule has 0 atom stereocenters. The Balaban J connectivity index is 2.22. The van der Waals surface area contributed by atoms with Crippen LogP contribution in [0.15, 0.2) is 54.2 Å². The minimum Gasteiger partial charge on any atom is -0.350 e. The molecule has 0 radical (unpaired) electrons. The topological polar surface area (TPSA) is 4.93 Å².